The van der Waals surface area contributed by atoms with Crippen LogP contribution >= 0.6 is 0 Å². The summed E-state index contributed by atoms with van der Waals surface area (Å²) in [5.41, 5.74) is 2.81. The Kier molecular flexibility index (Phi) is 6.65. The van der Waals surface area contributed by atoms with E-state index < -0.39 is 0 Å². The average molecular weight is 522 g/mol. The summed E-state index contributed by atoms with van der Waals surface area (Å²) < 4.78 is 22.7. The van der Waals surface area contributed by atoms with Gasteiger partial charge in [-0.2, -0.15) is 0 Å². The standard InChI is InChI=1S/C27H31N5O6/c1-2-35-27(34)32-9-3-4-17(12-32)10-29-26(33)18-11-28-24-22(18)30-14-31-23(24)21-19(36-13-16-5-6-16)7-8-20-25(21)38-15-37-20/h7-8,11,14,16-17,28H,2-6,9-10,12-13,15H2,1H3,(H,29,33). The van der Waals surface area contributed by atoms with E-state index >= 15 is 0 Å². The Morgan fingerprint density at radius 3 is 2.92 bits per heavy atom. The number of piperidine rings is 1. The van der Waals surface area contributed by atoms with Crippen molar-refractivity contribution >= 4 is 23.0 Å². The van der Waals surface area contributed by atoms with E-state index in [0.717, 1.165) is 12.8 Å². The van der Waals surface area contributed by atoms with E-state index in [4.69, 9.17) is 18.9 Å². The summed E-state index contributed by atoms with van der Waals surface area (Å²) in [7, 11) is 0. The maximum atomic E-state index is 13.2. The Labute approximate surface area is 219 Å². The van der Waals surface area contributed by atoms with Crippen molar-refractivity contribution in [3.05, 3.63) is 30.2 Å². The summed E-state index contributed by atoms with van der Waals surface area (Å²) in [6.45, 7) is 4.59. The van der Waals surface area contributed by atoms with Crippen LogP contribution in [0.2, 0.25) is 0 Å². The number of amides is 2. The van der Waals surface area contributed by atoms with Crippen molar-refractivity contribution in [1.29, 1.82) is 0 Å². The zero-order valence-electron chi connectivity index (χ0n) is 21.3. The average Bonchev–Trinajstić information content (AvgIpc) is 3.46. The fourth-order valence-corrected chi connectivity index (χ4v) is 5.04. The van der Waals surface area contributed by atoms with E-state index in [1.807, 2.05) is 12.1 Å². The molecule has 2 fully saturated rings. The van der Waals surface area contributed by atoms with E-state index in [1.54, 1.807) is 18.0 Å². The molecule has 38 heavy (non-hydrogen) atoms. The largest absolute Gasteiger partial charge is 0.492 e. The number of benzene rings is 1. The number of hydrogen-bond donors (Lipinski definition) is 2. The highest BCUT2D eigenvalue weighted by Gasteiger charge is 2.29. The van der Waals surface area contributed by atoms with Gasteiger partial charge in [-0.3, -0.25) is 4.79 Å². The molecule has 2 aliphatic heterocycles. The first-order valence-electron chi connectivity index (χ1n) is 13.2. The van der Waals surface area contributed by atoms with Crippen LogP contribution in [0, 0.1) is 11.8 Å². The van der Waals surface area contributed by atoms with Gasteiger partial charge in [0.2, 0.25) is 6.79 Å². The third kappa shape index (κ3) is 4.80. The first-order valence-corrected chi connectivity index (χ1v) is 13.2. The van der Waals surface area contributed by atoms with Crippen molar-refractivity contribution in [2.75, 3.05) is 39.6 Å². The zero-order valence-corrected chi connectivity index (χ0v) is 21.3. The van der Waals surface area contributed by atoms with Crippen LogP contribution in [0.4, 0.5) is 4.79 Å². The molecule has 1 saturated carbocycles. The Hall–Kier alpha value is -4.02. The van der Waals surface area contributed by atoms with Crippen LogP contribution in [0.3, 0.4) is 0 Å². The molecule has 1 aromatic carbocycles. The van der Waals surface area contributed by atoms with Gasteiger partial charge in [-0.05, 0) is 56.6 Å². The SMILES string of the molecule is CCOC(=O)N1CCCC(CNC(=O)c2c[nH]c3c(-c4c(OCC5CC5)ccc5c4OCO5)ncnc23)C1. The first kappa shape index (κ1) is 24.3. The van der Waals surface area contributed by atoms with Crippen LogP contribution in [0.25, 0.3) is 22.3 Å². The quantitative estimate of drug-likeness (QED) is 0.459. The minimum atomic E-state index is -0.299. The van der Waals surface area contributed by atoms with Gasteiger partial charge in [0.05, 0.1) is 29.9 Å². The van der Waals surface area contributed by atoms with Gasteiger partial charge in [0.25, 0.3) is 5.91 Å². The number of aromatic amines is 1. The van der Waals surface area contributed by atoms with Gasteiger partial charge in [-0.15, -0.1) is 0 Å². The summed E-state index contributed by atoms with van der Waals surface area (Å²) in [6.07, 6.45) is 6.95. The Morgan fingerprint density at radius 1 is 1.18 bits per heavy atom. The molecule has 1 atom stereocenters. The highest BCUT2D eigenvalue weighted by atomic mass is 16.7. The number of carbonyl (C=O) groups is 2. The number of nitrogens with one attached hydrogen (secondary N) is 2. The van der Waals surface area contributed by atoms with E-state index in [1.165, 1.54) is 19.2 Å². The van der Waals surface area contributed by atoms with E-state index in [9.17, 15) is 9.59 Å². The Bertz CT molecular complexity index is 1350. The third-order valence-corrected chi connectivity index (χ3v) is 7.21. The van der Waals surface area contributed by atoms with Gasteiger partial charge < -0.3 is 34.1 Å². The lowest BCUT2D eigenvalue weighted by atomic mass is 9.98. The van der Waals surface area contributed by atoms with Crippen LogP contribution in [0.15, 0.2) is 24.7 Å². The predicted molar refractivity (Wildman–Crippen MR) is 137 cm³/mol. The lowest BCUT2D eigenvalue weighted by Gasteiger charge is -2.32. The molecule has 1 saturated heterocycles. The predicted octanol–water partition coefficient (Wildman–Crippen LogP) is 3.74. The number of aromatic nitrogens is 3. The van der Waals surface area contributed by atoms with Gasteiger partial charge in [0, 0.05) is 25.8 Å². The summed E-state index contributed by atoms with van der Waals surface area (Å²) >= 11 is 0. The second kappa shape index (κ2) is 10.4. The molecule has 3 aliphatic rings. The molecular weight excluding hydrogens is 490 g/mol. The minimum absolute atomic E-state index is 0.121. The molecule has 0 spiro atoms. The maximum Gasteiger partial charge on any atom is 0.409 e. The van der Waals surface area contributed by atoms with Crippen molar-refractivity contribution in [3.8, 4) is 28.5 Å². The molecule has 1 unspecified atom stereocenters. The monoisotopic (exact) mass is 521 g/mol. The van der Waals surface area contributed by atoms with Crippen molar-refractivity contribution in [3.63, 3.8) is 0 Å². The van der Waals surface area contributed by atoms with Crippen molar-refractivity contribution in [2.24, 2.45) is 11.8 Å². The molecule has 4 heterocycles. The second-order valence-corrected chi connectivity index (χ2v) is 9.94. The first-order chi connectivity index (χ1) is 18.6. The number of H-pyrrole nitrogens is 1. The molecule has 3 aromatic rings. The molecule has 11 heteroatoms. The normalized spacial score (nSPS) is 18.4. The van der Waals surface area contributed by atoms with Crippen molar-refractivity contribution < 1.29 is 28.5 Å². The Morgan fingerprint density at radius 2 is 2.08 bits per heavy atom. The van der Waals surface area contributed by atoms with Gasteiger partial charge in [0.15, 0.2) is 11.5 Å². The Balaban J connectivity index is 1.23. The zero-order chi connectivity index (χ0) is 26.1. The topological polar surface area (TPSA) is 128 Å². The van der Waals surface area contributed by atoms with Crippen LogP contribution < -0.4 is 19.5 Å². The van der Waals surface area contributed by atoms with Gasteiger partial charge in [-0.1, -0.05) is 0 Å². The van der Waals surface area contributed by atoms with E-state index in [-0.39, 0.29) is 24.7 Å². The van der Waals surface area contributed by atoms with Crippen molar-refractivity contribution in [1.82, 2.24) is 25.2 Å². The molecule has 2 N–H and O–H groups in total. The molecular formula is C27H31N5O6. The summed E-state index contributed by atoms with van der Waals surface area (Å²) in [6, 6.07) is 3.72. The smallest absolute Gasteiger partial charge is 0.409 e. The molecule has 2 amide bonds. The molecule has 11 nitrogen and oxygen atoms in total. The number of carbonyl (C=O) groups excluding carboxylic acids is 2. The summed E-state index contributed by atoms with van der Waals surface area (Å²) in [4.78, 5) is 39.2. The van der Waals surface area contributed by atoms with Crippen LogP contribution in [-0.2, 0) is 4.74 Å². The number of nitrogens with zero attached hydrogens (tertiary/aromatic N) is 3. The molecule has 0 bridgehead atoms. The highest BCUT2D eigenvalue weighted by molar-refractivity contribution is 6.08. The van der Waals surface area contributed by atoms with Gasteiger partial charge >= 0.3 is 6.09 Å². The molecule has 200 valence electrons. The van der Waals surface area contributed by atoms with Crippen LogP contribution in [0.5, 0.6) is 17.2 Å². The van der Waals surface area contributed by atoms with Gasteiger partial charge in [0.1, 0.15) is 23.3 Å². The number of fused-ring (bicyclic) bond motifs is 2. The van der Waals surface area contributed by atoms with E-state index in [0.29, 0.717) is 83.9 Å². The molecule has 0 radical (unpaired) electrons. The fraction of sp³-hybridized carbons (Fsp3) is 0.481. The molecule has 6 rings (SSSR count). The number of hydrogen-bond acceptors (Lipinski definition) is 8. The van der Waals surface area contributed by atoms with Gasteiger partial charge in [-0.25, -0.2) is 14.8 Å². The molecule has 1 aliphatic carbocycles. The third-order valence-electron chi connectivity index (χ3n) is 7.21. The van der Waals surface area contributed by atoms with Crippen LogP contribution in [0.1, 0.15) is 43.0 Å². The lowest BCUT2D eigenvalue weighted by molar-refractivity contribution is 0.0851. The number of likely N-dealkylation sites (tertiary alicyclic amines) is 1. The number of ether oxygens (including phenoxy) is 4. The van der Waals surface area contributed by atoms with E-state index in [2.05, 4.69) is 20.3 Å². The number of rotatable bonds is 8. The fourth-order valence-electron chi connectivity index (χ4n) is 5.04. The summed E-state index contributed by atoms with van der Waals surface area (Å²) in [5.74, 6) is 2.35. The summed E-state index contributed by atoms with van der Waals surface area (Å²) in [5, 5.41) is 3.02. The second-order valence-electron chi connectivity index (χ2n) is 9.94. The minimum Gasteiger partial charge on any atom is -0.492 e. The molecule has 2 aromatic heterocycles. The van der Waals surface area contributed by atoms with Crippen molar-refractivity contribution in [2.45, 2.75) is 32.6 Å². The van der Waals surface area contributed by atoms with Crippen LogP contribution in [-0.4, -0.2) is 71.5 Å². The maximum absolute atomic E-state index is 13.2. The highest BCUT2D eigenvalue weighted by Crippen LogP contribution is 2.48. The lowest BCUT2D eigenvalue weighted by Crippen LogP contribution is -2.43.